The molecular weight excluding hydrogens is 424 g/mol. The second-order valence-electron chi connectivity index (χ2n) is 11.1. The van der Waals surface area contributed by atoms with Crippen molar-refractivity contribution in [3.05, 3.63) is 29.8 Å². The lowest BCUT2D eigenvalue weighted by Gasteiger charge is -2.29. The highest BCUT2D eigenvalue weighted by Gasteiger charge is 2.35. The van der Waals surface area contributed by atoms with Crippen molar-refractivity contribution in [1.82, 2.24) is 5.32 Å². The quantitative estimate of drug-likeness (QED) is 0.349. The molecule has 0 heterocycles. The lowest BCUT2D eigenvalue weighted by Crippen LogP contribution is -2.48. The van der Waals surface area contributed by atoms with Crippen molar-refractivity contribution < 1.29 is 28.6 Å². The number of nitrogen functional groups attached to an aromatic ring is 1. The molecule has 1 aromatic carbocycles. The summed E-state index contributed by atoms with van der Waals surface area (Å²) in [5.41, 5.74) is 4.98. The van der Waals surface area contributed by atoms with Gasteiger partial charge >= 0.3 is 18.0 Å². The third-order valence-corrected chi connectivity index (χ3v) is 4.10. The van der Waals surface area contributed by atoms with Crippen LogP contribution < -0.4 is 11.1 Å². The molecular formula is C25H40N2O6. The average molecular weight is 465 g/mol. The number of nitrogens with one attached hydrogen (secondary N) is 1. The molecule has 0 spiro atoms. The van der Waals surface area contributed by atoms with Crippen LogP contribution in [0, 0.1) is 5.92 Å². The normalized spacial score (nSPS) is 14.1. The van der Waals surface area contributed by atoms with Gasteiger partial charge in [0.25, 0.3) is 0 Å². The van der Waals surface area contributed by atoms with Crippen LogP contribution in [0.3, 0.4) is 0 Å². The zero-order valence-corrected chi connectivity index (χ0v) is 21.4. The minimum absolute atomic E-state index is 0.0204. The van der Waals surface area contributed by atoms with Crippen LogP contribution in [0.25, 0.3) is 0 Å². The van der Waals surface area contributed by atoms with Crippen molar-refractivity contribution in [3.8, 4) is 0 Å². The van der Waals surface area contributed by atoms with Crippen LogP contribution in [0.2, 0.25) is 0 Å². The van der Waals surface area contributed by atoms with E-state index < -0.39 is 46.8 Å². The molecule has 186 valence electrons. The monoisotopic (exact) mass is 464 g/mol. The van der Waals surface area contributed by atoms with E-state index in [1.165, 1.54) is 0 Å². The predicted molar refractivity (Wildman–Crippen MR) is 128 cm³/mol. The number of hydrogen-bond acceptors (Lipinski definition) is 7. The van der Waals surface area contributed by atoms with Gasteiger partial charge in [0, 0.05) is 5.69 Å². The van der Waals surface area contributed by atoms with Crippen LogP contribution in [0.5, 0.6) is 0 Å². The van der Waals surface area contributed by atoms with Gasteiger partial charge in [0.2, 0.25) is 0 Å². The van der Waals surface area contributed by atoms with Gasteiger partial charge in [-0.05, 0) is 92.9 Å². The van der Waals surface area contributed by atoms with Gasteiger partial charge < -0.3 is 25.3 Å². The SMILES string of the molecule is CC(C)(C)OC(=O)NC(CC(Cc1ccc(N)cc1)C(=O)OC(C)(C)C)C(=O)OC(C)(C)C. The Labute approximate surface area is 197 Å². The molecule has 1 rings (SSSR count). The van der Waals surface area contributed by atoms with Crippen LogP contribution in [0.1, 0.15) is 74.3 Å². The lowest BCUT2D eigenvalue weighted by molar-refractivity contribution is -0.162. The summed E-state index contributed by atoms with van der Waals surface area (Å²) in [4.78, 5) is 38.4. The number of hydrogen-bond donors (Lipinski definition) is 2. The topological polar surface area (TPSA) is 117 Å². The number of nitrogens with two attached hydrogens (primary N) is 1. The number of ether oxygens (including phenoxy) is 3. The van der Waals surface area contributed by atoms with Crippen LogP contribution in [0.4, 0.5) is 10.5 Å². The smallest absolute Gasteiger partial charge is 0.408 e. The molecule has 8 heteroatoms. The molecule has 1 amide bonds. The number of anilines is 1. The highest BCUT2D eigenvalue weighted by Crippen LogP contribution is 2.22. The van der Waals surface area contributed by atoms with E-state index in [2.05, 4.69) is 5.32 Å². The van der Waals surface area contributed by atoms with Gasteiger partial charge in [0.05, 0.1) is 5.92 Å². The molecule has 33 heavy (non-hydrogen) atoms. The summed E-state index contributed by atoms with van der Waals surface area (Å²) in [5.74, 6) is -1.85. The van der Waals surface area contributed by atoms with Crippen molar-refractivity contribution in [1.29, 1.82) is 0 Å². The Bertz CT molecular complexity index is 813. The molecule has 0 bridgehead atoms. The molecule has 0 aliphatic carbocycles. The van der Waals surface area contributed by atoms with Gasteiger partial charge in [-0.1, -0.05) is 12.1 Å². The summed E-state index contributed by atoms with van der Waals surface area (Å²) >= 11 is 0. The van der Waals surface area contributed by atoms with Crippen LogP contribution >= 0.6 is 0 Å². The zero-order chi connectivity index (χ0) is 25.6. The third kappa shape index (κ3) is 12.2. The maximum atomic E-state index is 13.0. The van der Waals surface area contributed by atoms with Crippen molar-refractivity contribution in [3.63, 3.8) is 0 Å². The minimum atomic E-state index is -1.11. The molecule has 0 aromatic heterocycles. The van der Waals surface area contributed by atoms with E-state index in [4.69, 9.17) is 19.9 Å². The van der Waals surface area contributed by atoms with Crippen LogP contribution in [-0.2, 0) is 30.2 Å². The Hall–Kier alpha value is -2.77. The Morgan fingerprint density at radius 2 is 1.24 bits per heavy atom. The minimum Gasteiger partial charge on any atom is -0.460 e. The van der Waals surface area contributed by atoms with Crippen molar-refractivity contribution in [2.45, 2.75) is 98.0 Å². The Balaban J connectivity index is 3.21. The second kappa shape index (κ2) is 10.9. The molecule has 2 unspecified atom stereocenters. The summed E-state index contributed by atoms with van der Waals surface area (Å²) in [5, 5.41) is 2.58. The first-order valence-corrected chi connectivity index (χ1v) is 11.1. The lowest BCUT2D eigenvalue weighted by atomic mass is 9.92. The third-order valence-electron chi connectivity index (χ3n) is 4.10. The zero-order valence-electron chi connectivity index (χ0n) is 21.4. The van der Waals surface area contributed by atoms with Crippen LogP contribution in [-0.4, -0.2) is 40.9 Å². The van der Waals surface area contributed by atoms with E-state index in [0.29, 0.717) is 12.1 Å². The Morgan fingerprint density at radius 1 is 0.788 bits per heavy atom. The van der Waals surface area contributed by atoms with E-state index >= 15 is 0 Å². The summed E-state index contributed by atoms with van der Waals surface area (Å²) in [6.07, 6.45) is -0.494. The molecule has 0 fully saturated rings. The first-order chi connectivity index (χ1) is 14.8. The Morgan fingerprint density at radius 3 is 1.70 bits per heavy atom. The maximum Gasteiger partial charge on any atom is 0.408 e. The Kier molecular flexibility index (Phi) is 9.33. The molecule has 0 saturated carbocycles. The van der Waals surface area contributed by atoms with E-state index in [1.54, 1.807) is 74.4 Å². The maximum absolute atomic E-state index is 13.0. The van der Waals surface area contributed by atoms with E-state index in [9.17, 15) is 14.4 Å². The van der Waals surface area contributed by atoms with Crippen molar-refractivity contribution in [2.75, 3.05) is 5.73 Å². The molecule has 1 aromatic rings. The summed E-state index contributed by atoms with van der Waals surface area (Å²) in [7, 11) is 0. The molecule has 0 radical (unpaired) electrons. The highest BCUT2D eigenvalue weighted by atomic mass is 16.6. The van der Waals surface area contributed by atoms with Gasteiger partial charge in [-0.25, -0.2) is 9.59 Å². The fourth-order valence-electron chi connectivity index (χ4n) is 2.91. The van der Waals surface area contributed by atoms with Gasteiger partial charge in [0.1, 0.15) is 22.8 Å². The van der Waals surface area contributed by atoms with E-state index in [0.717, 1.165) is 5.56 Å². The molecule has 2 atom stereocenters. The summed E-state index contributed by atoms with van der Waals surface area (Å²) < 4.78 is 16.4. The molecule has 0 aliphatic rings. The number of alkyl carbamates (subject to hydrolysis) is 1. The van der Waals surface area contributed by atoms with Crippen molar-refractivity contribution >= 4 is 23.7 Å². The molecule has 0 saturated heterocycles. The second-order valence-corrected chi connectivity index (χ2v) is 11.1. The van der Waals surface area contributed by atoms with E-state index in [-0.39, 0.29) is 6.42 Å². The number of amides is 1. The fraction of sp³-hybridized carbons (Fsp3) is 0.640. The number of esters is 2. The first-order valence-electron chi connectivity index (χ1n) is 11.1. The van der Waals surface area contributed by atoms with Gasteiger partial charge in [-0.15, -0.1) is 0 Å². The summed E-state index contributed by atoms with van der Waals surface area (Å²) in [6, 6.07) is 6.01. The van der Waals surface area contributed by atoms with Crippen LogP contribution in [0.15, 0.2) is 24.3 Å². The summed E-state index contributed by atoms with van der Waals surface area (Å²) in [6.45, 7) is 15.7. The molecule has 3 N–H and O–H groups in total. The van der Waals surface area contributed by atoms with Gasteiger partial charge in [-0.3, -0.25) is 4.79 Å². The number of rotatable bonds is 7. The predicted octanol–water partition coefficient (Wildman–Crippen LogP) is 4.39. The highest BCUT2D eigenvalue weighted by molar-refractivity contribution is 5.83. The van der Waals surface area contributed by atoms with Gasteiger partial charge in [-0.2, -0.15) is 0 Å². The van der Waals surface area contributed by atoms with E-state index in [1.807, 2.05) is 12.1 Å². The average Bonchev–Trinajstić information content (AvgIpc) is 2.57. The number of carbonyl (C=O) groups excluding carboxylic acids is 3. The number of carbonyl (C=O) groups is 3. The molecule has 0 aliphatic heterocycles. The number of benzene rings is 1. The largest absolute Gasteiger partial charge is 0.460 e. The fourth-order valence-corrected chi connectivity index (χ4v) is 2.91. The standard InChI is InChI=1S/C25H40N2O6/c1-23(2,3)31-20(28)17(14-16-10-12-18(26)13-11-16)15-19(21(29)32-24(4,5)6)27-22(30)33-25(7,8)9/h10-13,17,19H,14-15,26H2,1-9H3,(H,27,30). The molecule has 8 nitrogen and oxygen atoms in total. The van der Waals surface area contributed by atoms with Gasteiger partial charge in [0.15, 0.2) is 0 Å². The first kappa shape index (κ1) is 28.3. The van der Waals surface area contributed by atoms with Crippen molar-refractivity contribution in [2.24, 2.45) is 5.92 Å².